The Bertz CT molecular complexity index is 8.00. The summed E-state index contributed by atoms with van der Waals surface area (Å²) in [6.45, 7) is 0. The van der Waals surface area contributed by atoms with Crippen LogP contribution in [0.15, 0.2) is 0 Å². The summed E-state index contributed by atoms with van der Waals surface area (Å²) in [7, 11) is 0. The van der Waals surface area contributed by atoms with Gasteiger partial charge in [-0.1, -0.05) is 0 Å². The maximum Gasteiger partial charge on any atom is 0 e. The van der Waals surface area contributed by atoms with Gasteiger partial charge in [-0.3, -0.25) is 0 Å². The Labute approximate surface area is 78.7 Å². The van der Waals surface area contributed by atoms with Crippen LogP contribution in [0.4, 0.5) is 0 Å². The molecule has 0 amide bonds. The first-order valence-corrected chi connectivity index (χ1v) is 0. The number of hydrogen-bond acceptors (Lipinski definition) is 0. The van der Waals surface area contributed by atoms with Crippen LogP contribution in [0.3, 0.4) is 0 Å². The van der Waals surface area contributed by atoms with Gasteiger partial charge in [0.25, 0.3) is 0 Å². The van der Waals surface area contributed by atoms with Crippen LogP contribution in [0, 0.1) is 0 Å². The van der Waals surface area contributed by atoms with Crippen molar-refractivity contribution in [1.82, 2.24) is 0 Å². The monoisotopic (exact) mass is 348 g/mol. The summed E-state index contributed by atoms with van der Waals surface area (Å²) in [6, 6.07) is 0. The SMILES string of the molecule is [Ag].[Cu].[Ni].[Sn]. The Kier molecular flexibility index (Phi) is 137. The predicted molar refractivity (Wildman–Crippen MR) is 5.75 cm³/mol. The predicted octanol–water partition coefficient (Wildman–Crippen LogP) is -0.388. The zero-order chi connectivity index (χ0) is 0. The normalized spacial score (nSPS) is 0. The maximum atomic E-state index is 0. The van der Waals surface area contributed by atoms with Crippen molar-refractivity contribution in [2.75, 3.05) is 0 Å². The van der Waals surface area contributed by atoms with Crippen LogP contribution in [0.2, 0.25) is 0 Å². The van der Waals surface area contributed by atoms with Gasteiger partial charge in [0, 0.05) is 79.8 Å². The second-order valence-corrected chi connectivity index (χ2v) is 0. The third-order valence-corrected chi connectivity index (χ3v) is 0. The molecule has 0 bridgehead atoms. The molecule has 0 spiro atoms. The fourth-order valence-electron chi connectivity index (χ4n) is 0. The van der Waals surface area contributed by atoms with Crippen molar-refractivity contribution < 1.29 is 55.9 Å². The standard InChI is InChI=1S/Ag.Cu.Ni.Sn. The Hall–Kier alpha value is 2.55. The van der Waals surface area contributed by atoms with Crippen molar-refractivity contribution in [3.8, 4) is 0 Å². The second-order valence-electron chi connectivity index (χ2n) is 0. The molecule has 0 rings (SSSR count). The van der Waals surface area contributed by atoms with Crippen molar-refractivity contribution in [3.63, 3.8) is 0 Å². The van der Waals surface area contributed by atoms with Crippen LogP contribution in [0.25, 0.3) is 0 Å². The largest absolute Gasteiger partial charge is 0 e. The van der Waals surface area contributed by atoms with E-state index < -0.39 is 0 Å². The minimum Gasteiger partial charge on any atom is 0 e. The minimum absolute atomic E-state index is 0. The van der Waals surface area contributed by atoms with E-state index in [1.807, 2.05) is 0 Å². The molecule has 0 aliphatic rings. The third kappa shape index (κ3) is 8.82. The molecule has 6 radical (unpaired) electrons. The van der Waals surface area contributed by atoms with Gasteiger partial charge < -0.3 is 0 Å². The maximum absolute atomic E-state index is 0. The van der Waals surface area contributed by atoms with Crippen LogP contribution in [0.5, 0.6) is 0 Å². The van der Waals surface area contributed by atoms with Gasteiger partial charge in [0.1, 0.15) is 0 Å². The molecule has 0 nitrogen and oxygen atoms in total. The molecule has 0 atom stereocenters. The first-order valence-electron chi connectivity index (χ1n) is 0. The van der Waals surface area contributed by atoms with E-state index in [9.17, 15) is 0 Å². The van der Waals surface area contributed by atoms with Crippen molar-refractivity contribution in [3.05, 3.63) is 0 Å². The molecule has 0 saturated heterocycles. The van der Waals surface area contributed by atoms with Crippen LogP contribution in [-0.2, 0) is 55.9 Å². The van der Waals surface area contributed by atoms with Gasteiger partial charge in [0.15, 0.2) is 0 Å². The van der Waals surface area contributed by atoms with Crippen molar-refractivity contribution in [1.29, 1.82) is 0 Å². The smallest absolute Gasteiger partial charge is 0 e. The quantitative estimate of drug-likeness (QED) is 0.523. The van der Waals surface area contributed by atoms with E-state index in [-0.39, 0.29) is 79.8 Å². The molecule has 0 unspecified atom stereocenters. The van der Waals surface area contributed by atoms with Crippen molar-refractivity contribution in [2.45, 2.75) is 0 Å². The molecule has 4 heteroatoms. The van der Waals surface area contributed by atoms with E-state index in [1.165, 1.54) is 0 Å². The van der Waals surface area contributed by atoms with Crippen molar-refractivity contribution >= 4 is 23.9 Å². The fraction of sp³-hybridized carbons (Fsp3) is 0. The van der Waals surface area contributed by atoms with Gasteiger partial charge in [0.2, 0.25) is 0 Å². The van der Waals surface area contributed by atoms with E-state index in [4.69, 9.17) is 0 Å². The summed E-state index contributed by atoms with van der Waals surface area (Å²) >= 11 is 0. The third-order valence-electron chi connectivity index (χ3n) is 0. The molecule has 0 aliphatic carbocycles. The average Bonchev–Trinajstić information content (AvgIpc) is 0. The van der Waals surface area contributed by atoms with Crippen LogP contribution in [0.1, 0.15) is 0 Å². The summed E-state index contributed by atoms with van der Waals surface area (Å²) in [5.41, 5.74) is 0. The molecule has 0 aromatic rings. The van der Waals surface area contributed by atoms with E-state index in [2.05, 4.69) is 0 Å². The summed E-state index contributed by atoms with van der Waals surface area (Å²) in [5.74, 6) is 0. The molecular formula is AgCuNiSn. The molecule has 36 valence electrons. The minimum atomic E-state index is 0. The first-order chi connectivity index (χ1) is 0. The van der Waals surface area contributed by atoms with Gasteiger partial charge in [-0.15, -0.1) is 0 Å². The molecule has 0 aromatic heterocycles. The molecule has 0 aliphatic heterocycles. The van der Waals surface area contributed by atoms with Crippen LogP contribution >= 0.6 is 0 Å². The number of rotatable bonds is 0. The average molecular weight is 349 g/mol. The topological polar surface area (TPSA) is 0 Å². The van der Waals surface area contributed by atoms with Gasteiger partial charge in [0.05, 0.1) is 0 Å². The summed E-state index contributed by atoms with van der Waals surface area (Å²) < 4.78 is 0. The molecule has 0 aromatic carbocycles. The Balaban J connectivity index is 0. The molecule has 0 saturated carbocycles. The summed E-state index contributed by atoms with van der Waals surface area (Å²) in [4.78, 5) is 0. The molecule has 4 heavy (non-hydrogen) atoms. The van der Waals surface area contributed by atoms with Gasteiger partial charge >= 0.3 is 0 Å². The zero-order valence-electron chi connectivity index (χ0n) is 1.42. The van der Waals surface area contributed by atoms with Crippen LogP contribution in [-0.4, -0.2) is 23.9 Å². The Morgan fingerprint density at radius 1 is 1.00 bits per heavy atom. The van der Waals surface area contributed by atoms with Crippen LogP contribution < -0.4 is 0 Å². The Morgan fingerprint density at radius 3 is 1.00 bits per heavy atom. The second kappa shape index (κ2) is 17.7. The molecule has 0 N–H and O–H groups in total. The van der Waals surface area contributed by atoms with E-state index in [1.54, 1.807) is 0 Å². The van der Waals surface area contributed by atoms with Gasteiger partial charge in [-0.2, -0.15) is 0 Å². The first kappa shape index (κ1) is 31.0. The molecule has 0 heterocycles. The summed E-state index contributed by atoms with van der Waals surface area (Å²) in [6.07, 6.45) is 0. The van der Waals surface area contributed by atoms with E-state index in [0.29, 0.717) is 0 Å². The van der Waals surface area contributed by atoms with Gasteiger partial charge in [-0.25, -0.2) is 0 Å². The van der Waals surface area contributed by atoms with Gasteiger partial charge in [-0.05, 0) is 0 Å². The van der Waals surface area contributed by atoms with E-state index >= 15 is 0 Å². The molecular weight excluding hydrogens is 349 g/mol. The van der Waals surface area contributed by atoms with Crippen molar-refractivity contribution in [2.24, 2.45) is 0 Å². The van der Waals surface area contributed by atoms with E-state index in [0.717, 1.165) is 0 Å². The summed E-state index contributed by atoms with van der Waals surface area (Å²) in [5, 5.41) is 0. The fourth-order valence-corrected chi connectivity index (χ4v) is 0. The molecule has 0 fully saturated rings. The Morgan fingerprint density at radius 2 is 1.00 bits per heavy atom. The zero-order valence-corrected chi connectivity index (χ0v) is 7.68. The number of hydrogen-bond donors (Lipinski definition) is 0.